The minimum Gasteiger partial charge on any atom is -0.303 e. The maximum Gasteiger partial charge on any atom is 0.123 e. The molecule has 0 aliphatic heterocycles. The number of hydrogen-bond donors (Lipinski definition) is 0. The highest BCUT2D eigenvalue weighted by Gasteiger charge is 2.55. The molecular weight excluding hydrogens is 280 g/mol. The van der Waals surface area contributed by atoms with Crippen molar-refractivity contribution in [2.75, 3.05) is 0 Å². The highest BCUT2D eigenvalue weighted by atomic mass is 16.1. The molecule has 3 rings (SSSR count). The summed E-state index contributed by atoms with van der Waals surface area (Å²) in [5.41, 5.74) is 2.50. The van der Waals surface area contributed by atoms with E-state index in [1.807, 2.05) is 13.8 Å². The third-order valence-electron chi connectivity index (χ3n) is 7.62. The molecule has 0 bridgehead atoms. The second kappa shape index (κ2) is 7.53. The average molecular weight is 319 g/mol. The second-order valence-corrected chi connectivity index (χ2v) is 8.50. The smallest absolute Gasteiger partial charge is 0.123 e. The van der Waals surface area contributed by atoms with Crippen LogP contribution in [0.2, 0.25) is 0 Å². The molecule has 23 heavy (non-hydrogen) atoms. The number of aldehydes is 1. The van der Waals surface area contributed by atoms with Gasteiger partial charge in [0, 0.05) is 5.92 Å². The Bertz CT molecular complexity index is 426. The van der Waals surface area contributed by atoms with E-state index in [1.165, 1.54) is 63.2 Å². The zero-order valence-corrected chi connectivity index (χ0v) is 16.0. The summed E-state index contributed by atoms with van der Waals surface area (Å²) in [6, 6.07) is 0. The van der Waals surface area contributed by atoms with Crippen LogP contribution in [0.15, 0.2) is 12.2 Å². The van der Waals surface area contributed by atoms with Gasteiger partial charge in [-0.25, -0.2) is 0 Å². The van der Waals surface area contributed by atoms with Gasteiger partial charge in [0.2, 0.25) is 0 Å². The second-order valence-electron chi connectivity index (χ2n) is 8.50. The molecule has 0 spiro atoms. The minimum absolute atomic E-state index is 0.338. The predicted octanol–water partition coefficient (Wildman–Crippen LogP) is 6.57. The summed E-state index contributed by atoms with van der Waals surface area (Å²) in [4.78, 5) is 11.3. The van der Waals surface area contributed by atoms with Crippen molar-refractivity contribution >= 4 is 6.29 Å². The molecule has 5 atom stereocenters. The fourth-order valence-electron chi connectivity index (χ4n) is 6.40. The first-order valence-electron chi connectivity index (χ1n) is 10.2. The molecule has 3 aliphatic carbocycles. The summed E-state index contributed by atoms with van der Waals surface area (Å²) in [5.74, 6) is 1.99. The van der Waals surface area contributed by atoms with E-state index in [-0.39, 0.29) is 0 Å². The number of rotatable bonds is 2. The van der Waals surface area contributed by atoms with Crippen molar-refractivity contribution in [1.29, 1.82) is 0 Å². The number of allylic oxidation sites excluding steroid dienone is 1. The molecule has 2 unspecified atom stereocenters. The van der Waals surface area contributed by atoms with Crippen molar-refractivity contribution in [2.24, 2.45) is 28.6 Å². The SMILES string of the molecule is C=C1CCC2[C@](CC)(CCC3C[C@H](C=O)CCC[C@]32C)C1.CC. The van der Waals surface area contributed by atoms with Gasteiger partial charge in [-0.15, -0.1) is 0 Å². The largest absolute Gasteiger partial charge is 0.303 e. The van der Waals surface area contributed by atoms with Crippen LogP contribution >= 0.6 is 0 Å². The molecule has 1 nitrogen and oxygen atoms in total. The van der Waals surface area contributed by atoms with Crippen LogP contribution in [-0.4, -0.2) is 6.29 Å². The van der Waals surface area contributed by atoms with Gasteiger partial charge in [-0.1, -0.05) is 46.3 Å². The Morgan fingerprint density at radius 2 is 1.96 bits per heavy atom. The fraction of sp³-hybridized carbons (Fsp3) is 0.864. The molecular formula is C22H38O. The van der Waals surface area contributed by atoms with E-state index < -0.39 is 0 Å². The molecule has 3 fully saturated rings. The normalized spacial score (nSPS) is 43.3. The van der Waals surface area contributed by atoms with Crippen LogP contribution in [0.1, 0.15) is 91.9 Å². The van der Waals surface area contributed by atoms with E-state index in [2.05, 4.69) is 20.4 Å². The molecule has 3 saturated carbocycles. The fourth-order valence-corrected chi connectivity index (χ4v) is 6.40. The zero-order valence-electron chi connectivity index (χ0n) is 16.0. The van der Waals surface area contributed by atoms with E-state index >= 15 is 0 Å². The van der Waals surface area contributed by atoms with Gasteiger partial charge in [0.1, 0.15) is 6.29 Å². The number of fused-ring (bicyclic) bond motifs is 3. The monoisotopic (exact) mass is 318 g/mol. The lowest BCUT2D eigenvalue weighted by atomic mass is 9.45. The Hall–Kier alpha value is -0.590. The predicted molar refractivity (Wildman–Crippen MR) is 99.4 cm³/mol. The summed E-state index contributed by atoms with van der Waals surface area (Å²) in [7, 11) is 0. The van der Waals surface area contributed by atoms with Crippen LogP contribution in [0, 0.1) is 28.6 Å². The third-order valence-corrected chi connectivity index (χ3v) is 7.62. The van der Waals surface area contributed by atoms with Crippen LogP contribution in [0.25, 0.3) is 0 Å². The topological polar surface area (TPSA) is 17.1 Å². The van der Waals surface area contributed by atoms with Crippen molar-refractivity contribution in [3.8, 4) is 0 Å². The Kier molecular flexibility index (Phi) is 6.14. The quantitative estimate of drug-likeness (QED) is 0.415. The van der Waals surface area contributed by atoms with Crippen LogP contribution in [0.5, 0.6) is 0 Å². The summed E-state index contributed by atoms with van der Waals surface area (Å²) in [6.45, 7) is 13.3. The van der Waals surface area contributed by atoms with Gasteiger partial charge in [0.05, 0.1) is 0 Å². The molecule has 0 aromatic heterocycles. The minimum atomic E-state index is 0.338. The lowest BCUT2D eigenvalue weighted by Gasteiger charge is -2.60. The highest BCUT2D eigenvalue weighted by Crippen LogP contribution is 2.65. The molecule has 132 valence electrons. The van der Waals surface area contributed by atoms with Crippen LogP contribution in [0.3, 0.4) is 0 Å². The van der Waals surface area contributed by atoms with Crippen LogP contribution in [-0.2, 0) is 4.79 Å². The van der Waals surface area contributed by atoms with Crippen molar-refractivity contribution < 1.29 is 4.79 Å². The van der Waals surface area contributed by atoms with Gasteiger partial charge in [-0.2, -0.15) is 0 Å². The molecule has 0 aromatic carbocycles. The standard InChI is InChI=1S/C20H32O.C2H6/c1-4-20-11-9-17-12-16(14-21)6-5-10-19(17,3)18(20)8-7-15(2)13-20;1-2/h14,16-18H,2,4-13H2,1,3H3;1-2H3/t16-,17?,18?,19-,20-;/m1./s1. The number of carbonyl (C=O) groups is 1. The van der Waals surface area contributed by atoms with Gasteiger partial charge in [0.15, 0.2) is 0 Å². The Morgan fingerprint density at radius 3 is 2.61 bits per heavy atom. The zero-order chi connectivity index (χ0) is 17.1. The molecule has 1 heteroatoms. The first kappa shape index (κ1) is 18.7. The lowest BCUT2D eigenvalue weighted by molar-refractivity contribution is -0.113. The molecule has 0 amide bonds. The van der Waals surface area contributed by atoms with Gasteiger partial charge < -0.3 is 4.79 Å². The average Bonchev–Trinajstić information content (AvgIpc) is 2.74. The first-order chi connectivity index (χ1) is 11.0. The third kappa shape index (κ3) is 3.30. The molecule has 0 heterocycles. The van der Waals surface area contributed by atoms with Gasteiger partial charge in [-0.05, 0) is 80.5 Å². The maximum absolute atomic E-state index is 11.3. The molecule has 0 N–H and O–H groups in total. The highest BCUT2D eigenvalue weighted by molar-refractivity contribution is 5.53. The molecule has 0 saturated heterocycles. The Balaban J connectivity index is 0.000000924. The van der Waals surface area contributed by atoms with E-state index in [0.717, 1.165) is 24.7 Å². The van der Waals surface area contributed by atoms with E-state index in [9.17, 15) is 4.79 Å². The summed E-state index contributed by atoms with van der Waals surface area (Å²) >= 11 is 0. The lowest BCUT2D eigenvalue weighted by Crippen LogP contribution is -2.51. The first-order valence-corrected chi connectivity index (χ1v) is 10.2. The molecule has 0 radical (unpaired) electrons. The Labute approximate surface area is 144 Å². The Morgan fingerprint density at radius 1 is 1.22 bits per heavy atom. The van der Waals surface area contributed by atoms with Crippen LogP contribution in [0.4, 0.5) is 0 Å². The summed E-state index contributed by atoms with van der Waals surface area (Å²) < 4.78 is 0. The van der Waals surface area contributed by atoms with Crippen molar-refractivity contribution in [2.45, 2.75) is 91.9 Å². The van der Waals surface area contributed by atoms with Gasteiger partial charge >= 0.3 is 0 Å². The van der Waals surface area contributed by atoms with E-state index in [4.69, 9.17) is 0 Å². The van der Waals surface area contributed by atoms with Crippen molar-refractivity contribution in [3.05, 3.63) is 12.2 Å². The maximum atomic E-state index is 11.3. The summed E-state index contributed by atoms with van der Waals surface area (Å²) in [6.07, 6.45) is 14.1. The van der Waals surface area contributed by atoms with E-state index in [0.29, 0.717) is 16.7 Å². The van der Waals surface area contributed by atoms with Crippen LogP contribution < -0.4 is 0 Å². The van der Waals surface area contributed by atoms with E-state index in [1.54, 1.807) is 0 Å². The number of hydrogen-bond acceptors (Lipinski definition) is 1. The summed E-state index contributed by atoms with van der Waals surface area (Å²) in [5, 5.41) is 0. The van der Waals surface area contributed by atoms with Gasteiger partial charge in [0.25, 0.3) is 0 Å². The molecule has 0 aromatic rings. The number of carbonyl (C=O) groups excluding carboxylic acids is 1. The van der Waals surface area contributed by atoms with Crippen molar-refractivity contribution in [3.63, 3.8) is 0 Å². The molecule has 3 aliphatic rings. The van der Waals surface area contributed by atoms with Crippen molar-refractivity contribution in [1.82, 2.24) is 0 Å². The van der Waals surface area contributed by atoms with Gasteiger partial charge in [-0.3, -0.25) is 0 Å².